The van der Waals surface area contributed by atoms with Crippen molar-refractivity contribution in [2.45, 2.75) is 40.2 Å². The minimum Gasteiger partial charge on any atom is -0.477 e. The topological polar surface area (TPSA) is 123 Å². The Morgan fingerprint density at radius 3 is 2.58 bits per heavy atom. The quantitative estimate of drug-likeness (QED) is 0.405. The number of anilines is 1. The molecule has 11 heteroatoms. The molecular formula is C25H26N6O4S. The first kappa shape index (κ1) is 23.9. The molecule has 186 valence electrons. The molecule has 5 heterocycles. The molecule has 4 aromatic rings. The predicted molar refractivity (Wildman–Crippen MR) is 136 cm³/mol. The molecule has 4 aromatic heterocycles. The second-order valence-electron chi connectivity index (χ2n) is 9.42. The maximum Gasteiger partial charge on any atom is 0.341 e. The molecule has 0 aromatic carbocycles. The molecule has 1 N–H and O–H groups in total. The molecule has 1 aliphatic heterocycles. The van der Waals surface area contributed by atoms with E-state index in [-0.39, 0.29) is 28.7 Å². The summed E-state index contributed by atoms with van der Waals surface area (Å²) >= 11 is 1.32. The van der Waals surface area contributed by atoms with Gasteiger partial charge in [0.15, 0.2) is 10.8 Å². The van der Waals surface area contributed by atoms with Crippen molar-refractivity contribution in [2.75, 3.05) is 18.0 Å². The van der Waals surface area contributed by atoms with Crippen LogP contribution in [-0.4, -0.2) is 54.3 Å². The Labute approximate surface area is 210 Å². The van der Waals surface area contributed by atoms with Crippen molar-refractivity contribution in [3.63, 3.8) is 0 Å². The predicted octanol–water partition coefficient (Wildman–Crippen LogP) is 3.18. The minimum atomic E-state index is -1.30. The zero-order chi connectivity index (χ0) is 25.7. The number of nitrogens with zero attached hydrogens (tertiary/aromatic N) is 6. The van der Waals surface area contributed by atoms with Crippen LogP contribution in [0, 0.1) is 19.8 Å². The molecule has 0 saturated carbocycles. The van der Waals surface area contributed by atoms with Crippen LogP contribution < -0.4 is 10.3 Å². The van der Waals surface area contributed by atoms with Gasteiger partial charge in [-0.05, 0) is 45.4 Å². The average molecular weight is 507 g/mol. The van der Waals surface area contributed by atoms with Crippen LogP contribution in [0.4, 0.5) is 5.82 Å². The van der Waals surface area contributed by atoms with Crippen LogP contribution in [-0.2, 0) is 11.2 Å². The molecule has 0 unspecified atom stereocenters. The maximum absolute atomic E-state index is 12.9. The third kappa shape index (κ3) is 4.09. The van der Waals surface area contributed by atoms with Crippen molar-refractivity contribution in [3.8, 4) is 5.13 Å². The van der Waals surface area contributed by atoms with E-state index < -0.39 is 11.4 Å². The SMILES string of the molecule is Cc1cc(N2CC(C(=O)Cc3cc(C)n(C(C)C)n3)C2)nc2c1c(=O)c(C(=O)O)cn2-c1nccs1. The number of carbonyl (C=O) groups is 2. The average Bonchev–Trinajstić information content (AvgIpc) is 3.42. The van der Waals surface area contributed by atoms with Gasteiger partial charge in [0.05, 0.1) is 23.4 Å². The van der Waals surface area contributed by atoms with Gasteiger partial charge in [0, 0.05) is 42.6 Å². The fourth-order valence-electron chi connectivity index (χ4n) is 4.63. The Kier molecular flexibility index (Phi) is 5.95. The van der Waals surface area contributed by atoms with Gasteiger partial charge < -0.3 is 10.0 Å². The summed E-state index contributed by atoms with van der Waals surface area (Å²) in [5.74, 6) is -0.643. The van der Waals surface area contributed by atoms with Crippen molar-refractivity contribution < 1.29 is 14.7 Å². The Morgan fingerprint density at radius 1 is 1.22 bits per heavy atom. The fraction of sp³-hybridized carbons (Fsp3) is 0.360. The zero-order valence-corrected chi connectivity index (χ0v) is 21.2. The molecule has 0 radical (unpaired) electrons. The summed E-state index contributed by atoms with van der Waals surface area (Å²) in [5.41, 5.74) is 1.88. The summed E-state index contributed by atoms with van der Waals surface area (Å²) in [6.07, 6.45) is 3.19. The third-order valence-electron chi connectivity index (χ3n) is 6.48. The Balaban J connectivity index is 1.42. The molecule has 5 rings (SSSR count). The second kappa shape index (κ2) is 8.98. The normalized spacial score (nSPS) is 14.0. The number of fused-ring (bicyclic) bond motifs is 1. The molecule has 1 aliphatic rings. The van der Waals surface area contributed by atoms with Crippen molar-refractivity contribution in [3.05, 3.63) is 62.6 Å². The van der Waals surface area contributed by atoms with Crippen LogP contribution in [0.2, 0.25) is 0 Å². The number of aromatic carboxylic acids is 1. The van der Waals surface area contributed by atoms with E-state index >= 15 is 0 Å². The number of pyridine rings is 2. The number of ketones is 1. The highest BCUT2D eigenvalue weighted by Crippen LogP contribution is 2.29. The van der Waals surface area contributed by atoms with E-state index in [0.717, 1.165) is 11.4 Å². The fourth-order valence-corrected chi connectivity index (χ4v) is 5.24. The molecule has 1 fully saturated rings. The lowest BCUT2D eigenvalue weighted by molar-refractivity contribution is -0.123. The zero-order valence-electron chi connectivity index (χ0n) is 20.4. The Bertz CT molecular complexity index is 1550. The van der Waals surface area contributed by atoms with E-state index in [9.17, 15) is 19.5 Å². The van der Waals surface area contributed by atoms with Gasteiger partial charge in [-0.1, -0.05) is 0 Å². The van der Waals surface area contributed by atoms with Crippen LogP contribution in [0.25, 0.3) is 16.2 Å². The van der Waals surface area contributed by atoms with E-state index in [1.165, 1.54) is 17.5 Å². The standard InChI is InChI=1S/C25H26N6O4S/c1-13(2)31-15(4)8-17(28-31)9-19(32)16-10-29(11-16)20-7-14(3)21-22(33)18(24(34)35)12-30(23(21)27-20)25-26-5-6-36-25/h5-8,12-13,16H,9-11H2,1-4H3,(H,34,35). The van der Waals surface area contributed by atoms with E-state index in [1.807, 2.05) is 22.6 Å². The summed E-state index contributed by atoms with van der Waals surface area (Å²) < 4.78 is 3.48. The van der Waals surface area contributed by atoms with Crippen LogP contribution in [0.5, 0.6) is 0 Å². The number of Topliss-reactive ketones (excluding diaryl/α,β-unsaturated/α-hetero) is 1. The number of carboxylic acids is 1. The van der Waals surface area contributed by atoms with Gasteiger partial charge in [-0.15, -0.1) is 11.3 Å². The number of aryl methyl sites for hydroxylation is 2. The molecule has 36 heavy (non-hydrogen) atoms. The molecule has 0 bridgehead atoms. The first-order valence-corrected chi connectivity index (χ1v) is 12.5. The number of carbonyl (C=O) groups excluding carboxylic acids is 1. The number of aromatic nitrogens is 5. The van der Waals surface area contributed by atoms with Gasteiger partial charge in [-0.2, -0.15) is 5.10 Å². The van der Waals surface area contributed by atoms with Crippen molar-refractivity contribution in [2.24, 2.45) is 5.92 Å². The number of hydrogen-bond acceptors (Lipinski definition) is 8. The van der Waals surface area contributed by atoms with E-state index in [2.05, 4.69) is 23.9 Å². The van der Waals surface area contributed by atoms with Crippen LogP contribution in [0.1, 0.15) is 47.2 Å². The van der Waals surface area contributed by atoms with Crippen LogP contribution >= 0.6 is 11.3 Å². The van der Waals surface area contributed by atoms with Crippen molar-refractivity contribution in [1.82, 2.24) is 24.3 Å². The largest absolute Gasteiger partial charge is 0.477 e. The van der Waals surface area contributed by atoms with Gasteiger partial charge in [0.25, 0.3) is 0 Å². The van der Waals surface area contributed by atoms with Crippen molar-refractivity contribution in [1.29, 1.82) is 0 Å². The summed E-state index contributed by atoms with van der Waals surface area (Å²) in [6.45, 7) is 8.92. The molecular weight excluding hydrogens is 480 g/mol. The highest BCUT2D eigenvalue weighted by atomic mass is 32.1. The summed E-state index contributed by atoms with van der Waals surface area (Å²) in [7, 11) is 0. The lowest BCUT2D eigenvalue weighted by Crippen LogP contribution is -2.51. The number of carboxylic acid groups (broad SMARTS) is 1. The third-order valence-corrected chi connectivity index (χ3v) is 7.25. The van der Waals surface area contributed by atoms with E-state index in [0.29, 0.717) is 41.7 Å². The Hall–Kier alpha value is -3.86. The van der Waals surface area contributed by atoms with Crippen LogP contribution in [0.3, 0.4) is 0 Å². The smallest absolute Gasteiger partial charge is 0.341 e. The number of hydrogen-bond donors (Lipinski definition) is 1. The lowest BCUT2D eigenvalue weighted by Gasteiger charge is -2.39. The first-order valence-electron chi connectivity index (χ1n) is 11.7. The van der Waals surface area contributed by atoms with Crippen molar-refractivity contribution >= 4 is 39.9 Å². The molecule has 1 saturated heterocycles. The molecule has 0 aliphatic carbocycles. The van der Waals surface area contributed by atoms with Gasteiger partial charge in [-0.25, -0.2) is 14.8 Å². The number of rotatable bonds is 7. The highest BCUT2D eigenvalue weighted by molar-refractivity contribution is 7.12. The van der Waals surface area contributed by atoms with E-state index in [1.54, 1.807) is 29.1 Å². The van der Waals surface area contributed by atoms with E-state index in [4.69, 9.17) is 4.98 Å². The number of thiazole rings is 1. The summed E-state index contributed by atoms with van der Waals surface area (Å²) in [4.78, 5) is 48.5. The van der Waals surface area contributed by atoms with Gasteiger partial charge in [-0.3, -0.25) is 18.8 Å². The summed E-state index contributed by atoms with van der Waals surface area (Å²) in [6, 6.07) is 3.98. The van der Waals surface area contributed by atoms with Crippen LogP contribution in [0.15, 0.2) is 34.7 Å². The molecule has 0 atom stereocenters. The van der Waals surface area contributed by atoms with Gasteiger partial charge >= 0.3 is 5.97 Å². The Morgan fingerprint density at radius 2 is 1.97 bits per heavy atom. The summed E-state index contributed by atoms with van der Waals surface area (Å²) in [5, 5.41) is 16.7. The second-order valence-corrected chi connectivity index (χ2v) is 10.3. The van der Waals surface area contributed by atoms with Gasteiger partial charge in [0.1, 0.15) is 17.2 Å². The highest BCUT2D eigenvalue weighted by Gasteiger charge is 2.34. The minimum absolute atomic E-state index is 0.122. The lowest BCUT2D eigenvalue weighted by atomic mass is 9.92. The molecule has 0 spiro atoms. The molecule has 10 nitrogen and oxygen atoms in total. The molecule has 0 amide bonds. The maximum atomic E-state index is 12.9. The van der Waals surface area contributed by atoms with Gasteiger partial charge in [0.2, 0.25) is 5.43 Å². The first-order chi connectivity index (χ1) is 17.1. The monoisotopic (exact) mass is 506 g/mol.